The summed E-state index contributed by atoms with van der Waals surface area (Å²) in [5.74, 6) is -0.394. The Kier molecular flexibility index (Phi) is 5.90. The lowest BCUT2D eigenvalue weighted by molar-refractivity contribution is -0.140. The number of fused-ring (bicyclic) bond motifs is 1. The van der Waals surface area contributed by atoms with Gasteiger partial charge in [-0.1, -0.05) is 23.7 Å². The van der Waals surface area contributed by atoms with Gasteiger partial charge in [0.2, 0.25) is 0 Å². The van der Waals surface area contributed by atoms with E-state index < -0.39 is 5.97 Å². The van der Waals surface area contributed by atoms with Crippen LogP contribution in [0.15, 0.2) is 41.2 Å². The van der Waals surface area contributed by atoms with E-state index in [1.165, 1.54) is 11.7 Å². The van der Waals surface area contributed by atoms with Crippen molar-refractivity contribution in [1.82, 2.24) is 9.55 Å². The zero-order valence-corrected chi connectivity index (χ0v) is 16.3. The Morgan fingerprint density at radius 1 is 1.29 bits per heavy atom. The Morgan fingerprint density at radius 3 is 2.71 bits per heavy atom. The van der Waals surface area contributed by atoms with Crippen molar-refractivity contribution < 1.29 is 14.3 Å². The zero-order valence-electron chi connectivity index (χ0n) is 15.6. The molecule has 144 valence electrons. The van der Waals surface area contributed by atoms with Crippen molar-refractivity contribution in [2.45, 2.75) is 26.3 Å². The van der Waals surface area contributed by atoms with Crippen LogP contribution in [-0.2, 0) is 22.5 Å². The van der Waals surface area contributed by atoms with Crippen LogP contribution in [0.5, 0.6) is 0 Å². The molecule has 28 heavy (non-hydrogen) atoms. The van der Waals surface area contributed by atoms with Crippen LogP contribution in [0.4, 0.5) is 0 Å². The molecule has 0 fully saturated rings. The largest absolute Gasteiger partial charge is 0.469 e. The third-order valence-corrected chi connectivity index (χ3v) is 4.82. The molecule has 1 aromatic carbocycles. The SMILES string of the molecule is CCn1c(=O)c(CCC(=O)OC)c(-c2cccc(Cl)c2)c2ccc(C=O)nc21. The summed E-state index contributed by atoms with van der Waals surface area (Å²) in [6.07, 6.45) is 0.946. The predicted molar refractivity (Wildman–Crippen MR) is 108 cm³/mol. The molecule has 0 spiro atoms. The topological polar surface area (TPSA) is 78.3 Å². The summed E-state index contributed by atoms with van der Waals surface area (Å²) in [5.41, 5.74) is 2.33. The van der Waals surface area contributed by atoms with E-state index in [-0.39, 0.29) is 24.1 Å². The van der Waals surface area contributed by atoms with Crippen molar-refractivity contribution in [2.75, 3.05) is 7.11 Å². The minimum absolute atomic E-state index is 0.0778. The molecule has 0 radical (unpaired) electrons. The molecule has 7 heteroatoms. The highest BCUT2D eigenvalue weighted by atomic mass is 35.5. The minimum atomic E-state index is -0.394. The number of ether oxygens (including phenoxy) is 1. The molecule has 0 unspecified atom stereocenters. The van der Waals surface area contributed by atoms with Gasteiger partial charge in [-0.15, -0.1) is 0 Å². The normalized spacial score (nSPS) is 10.8. The van der Waals surface area contributed by atoms with E-state index in [9.17, 15) is 14.4 Å². The van der Waals surface area contributed by atoms with E-state index >= 15 is 0 Å². The molecule has 2 aromatic heterocycles. The lowest BCUT2D eigenvalue weighted by Crippen LogP contribution is -2.26. The standard InChI is InChI=1S/C21H19ClN2O4/c1-3-24-20-16(8-7-15(12-25)23-20)19(13-5-4-6-14(22)11-13)17(21(24)27)9-10-18(26)28-2/h4-8,11-12H,3,9-10H2,1-2H3. The van der Waals surface area contributed by atoms with Crippen LogP contribution in [0.2, 0.25) is 5.02 Å². The molecule has 0 atom stereocenters. The summed E-state index contributed by atoms with van der Waals surface area (Å²) >= 11 is 6.17. The molecule has 0 N–H and O–H groups in total. The maximum Gasteiger partial charge on any atom is 0.305 e. The van der Waals surface area contributed by atoms with E-state index in [1.807, 2.05) is 13.0 Å². The number of aryl methyl sites for hydroxylation is 1. The highest BCUT2D eigenvalue weighted by Gasteiger charge is 2.20. The fourth-order valence-corrected chi connectivity index (χ4v) is 3.48. The first-order chi connectivity index (χ1) is 13.5. The van der Waals surface area contributed by atoms with Crippen LogP contribution in [0.3, 0.4) is 0 Å². The second kappa shape index (κ2) is 8.35. The molecule has 3 rings (SSSR count). The van der Waals surface area contributed by atoms with Crippen molar-refractivity contribution in [3.63, 3.8) is 0 Å². The Morgan fingerprint density at radius 2 is 2.07 bits per heavy atom. The van der Waals surface area contributed by atoms with Gasteiger partial charge in [-0.2, -0.15) is 0 Å². The Balaban J connectivity index is 2.39. The van der Waals surface area contributed by atoms with E-state index in [4.69, 9.17) is 16.3 Å². The van der Waals surface area contributed by atoms with E-state index in [0.717, 1.165) is 5.56 Å². The van der Waals surface area contributed by atoms with Crippen LogP contribution in [0, 0.1) is 0 Å². The van der Waals surface area contributed by atoms with Gasteiger partial charge in [0, 0.05) is 34.5 Å². The number of halogens is 1. The molecule has 6 nitrogen and oxygen atoms in total. The minimum Gasteiger partial charge on any atom is -0.469 e. The van der Waals surface area contributed by atoms with Gasteiger partial charge in [0.05, 0.1) is 7.11 Å². The van der Waals surface area contributed by atoms with Gasteiger partial charge in [0.15, 0.2) is 6.29 Å². The Hall–Kier alpha value is -2.99. The fraction of sp³-hybridized carbons (Fsp3) is 0.238. The van der Waals surface area contributed by atoms with Crippen molar-refractivity contribution in [3.8, 4) is 11.1 Å². The molecule has 0 aliphatic rings. The number of nitrogens with zero attached hydrogens (tertiary/aromatic N) is 2. The molecule has 0 aliphatic heterocycles. The third kappa shape index (κ3) is 3.68. The van der Waals surface area contributed by atoms with Gasteiger partial charge >= 0.3 is 5.97 Å². The summed E-state index contributed by atoms with van der Waals surface area (Å²) in [6, 6.07) is 10.5. The van der Waals surface area contributed by atoms with Gasteiger partial charge in [0.1, 0.15) is 11.3 Å². The number of aromatic nitrogens is 2. The molecule has 3 aromatic rings. The maximum absolute atomic E-state index is 13.2. The smallest absolute Gasteiger partial charge is 0.305 e. The van der Waals surface area contributed by atoms with Gasteiger partial charge in [-0.05, 0) is 43.2 Å². The quantitative estimate of drug-likeness (QED) is 0.467. The number of benzene rings is 1. The second-order valence-electron chi connectivity index (χ2n) is 6.21. The van der Waals surface area contributed by atoms with Crippen molar-refractivity contribution >= 4 is 34.9 Å². The van der Waals surface area contributed by atoms with Gasteiger partial charge < -0.3 is 4.74 Å². The third-order valence-electron chi connectivity index (χ3n) is 4.58. The van der Waals surface area contributed by atoms with Crippen molar-refractivity contribution in [2.24, 2.45) is 0 Å². The Labute approximate surface area is 166 Å². The predicted octanol–water partition coefficient (Wildman–Crippen LogP) is 3.65. The molecule has 0 amide bonds. The fourth-order valence-electron chi connectivity index (χ4n) is 3.29. The monoisotopic (exact) mass is 398 g/mol. The first kappa shape index (κ1) is 19.8. The second-order valence-corrected chi connectivity index (χ2v) is 6.65. The molecule has 0 bridgehead atoms. The highest BCUT2D eigenvalue weighted by Crippen LogP contribution is 2.32. The lowest BCUT2D eigenvalue weighted by Gasteiger charge is -2.17. The lowest BCUT2D eigenvalue weighted by atomic mass is 9.94. The van der Waals surface area contributed by atoms with Crippen LogP contribution >= 0.6 is 11.6 Å². The number of carbonyl (C=O) groups excluding carboxylic acids is 2. The first-order valence-corrected chi connectivity index (χ1v) is 9.22. The molecule has 0 saturated carbocycles. The van der Waals surface area contributed by atoms with E-state index in [2.05, 4.69) is 4.98 Å². The highest BCUT2D eigenvalue weighted by molar-refractivity contribution is 6.30. The van der Waals surface area contributed by atoms with E-state index in [1.54, 1.807) is 30.3 Å². The summed E-state index contributed by atoms with van der Waals surface area (Å²) in [6.45, 7) is 2.21. The summed E-state index contributed by atoms with van der Waals surface area (Å²) < 4.78 is 6.25. The van der Waals surface area contributed by atoms with Crippen molar-refractivity contribution in [3.05, 3.63) is 63.0 Å². The number of rotatable bonds is 6. The molecular weight excluding hydrogens is 380 g/mol. The maximum atomic E-state index is 13.2. The van der Waals surface area contributed by atoms with Crippen molar-refractivity contribution in [1.29, 1.82) is 0 Å². The molecule has 0 aliphatic carbocycles. The molecule has 0 saturated heterocycles. The van der Waals surface area contributed by atoms with Gasteiger partial charge in [0.25, 0.3) is 5.56 Å². The number of methoxy groups -OCH3 is 1. The number of pyridine rings is 2. The first-order valence-electron chi connectivity index (χ1n) is 8.84. The van der Waals surface area contributed by atoms with Crippen LogP contribution in [-0.4, -0.2) is 28.9 Å². The van der Waals surface area contributed by atoms with Crippen LogP contribution < -0.4 is 5.56 Å². The van der Waals surface area contributed by atoms with Gasteiger partial charge in [-0.25, -0.2) is 4.98 Å². The van der Waals surface area contributed by atoms with Gasteiger partial charge in [-0.3, -0.25) is 19.0 Å². The van der Waals surface area contributed by atoms with E-state index in [0.29, 0.717) is 40.0 Å². The molecule has 2 heterocycles. The average molecular weight is 399 g/mol. The zero-order chi connectivity index (χ0) is 20.3. The number of hydrogen-bond acceptors (Lipinski definition) is 5. The number of esters is 1. The summed E-state index contributed by atoms with van der Waals surface area (Å²) in [5, 5.41) is 1.25. The number of hydrogen-bond donors (Lipinski definition) is 0. The Bertz CT molecular complexity index is 1120. The number of carbonyl (C=O) groups is 2. The average Bonchev–Trinajstić information content (AvgIpc) is 2.71. The summed E-state index contributed by atoms with van der Waals surface area (Å²) in [4.78, 5) is 40.5. The van der Waals surface area contributed by atoms with Crippen LogP contribution in [0.25, 0.3) is 22.2 Å². The number of aldehydes is 1. The van der Waals surface area contributed by atoms with Crippen LogP contribution in [0.1, 0.15) is 29.4 Å². The molecular formula is C21H19ClN2O4. The summed E-state index contributed by atoms with van der Waals surface area (Å²) in [7, 11) is 1.32.